The SMILES string of the molecule is CCC(C)(C(N)Cc1cccc(F)c1)N1CCCCC1. The number of hydrogen-bond acceptors (Lipinski definition) is 2. The first-order chi connectivity index (χ1) is 9.56. The normalized spacial score (nSPS) is 21.4. The van der Waals surface area contributed by atoms with E-state index < -0.39 is 0 Å². The Labute approximate surface area is 122 Å². The Morgan fingerprint density at radius 2 is 2.00 bits per heavy atom. The Morgan fingerprint density at radius 1 is 1.30 bits per heavy atom. The topological polar surface area (TPSA) is 29.3 Å². The summed E-state index contributed by atoms with van der Waals surface area (Å²) >= 11 is 0. The van der Waals surface area contributed by atoms with Gasteiger partial charge in [-0.1, -0.05) is 25.5 Å². The molecule has 1 aliphatic rings. The number of nitrogens with two attached hydrogens (primary N) is 1. The maximum atomic E-state index is 13.3. The van der Waals surface area contributed by atoms with Crippen LogP contribution in [-0.4, -0.2) is 29.6 Å². The lowest BCUT2D eigenvalue weighted by Gasteiger charge is -2.47. The van der Waals surface area contributed by atoms with Gasteiger partial charge in [-0.25, -0.2) is 4.39 Å². The fourth-order valence-electron chi connectivity index (χ4n) is 3.26. The van der Waals surface area contributed by atoms with Gasteiger partial charge in [0.05, 0.1) is 0 Å². The number of likely N-dealkylation sites (tertiary alicyclic amines) is 1. The monoisotopic (exact) mass is 278 g/mol. The van der Waals surface area contributed by atoms with Crippen LogP contribution in [-0.2, 0) is 6.42 Å². The predicted molar refractivity (Wildman–Crippen MR) is 82.2 cm³/mol. The number of halogens is 1. The fraction of sp³-hybridized carbons (Fsp3) is 0.647. The summed E-state index contributed by atoms with van der Waals surface area (Å²) in [7, 11) is 0. The molecule has 1 aromatic carbocycles. The highest BCUT2D eigenvalue weighted by Gasteiger charge is 2.36. The quantitative estimate of drug-likeness (QED) is 0.895. The summed E-state index contributed by atoms with van der Waals surface area (Å²) in [6, 6.07) is 6.86. The number of benzene rings is 1. The fourth-order valence-corrected chi connectivity index (χ4v) is 3.26. The molecule has 0 radical (unpaired) electrons. The van der Waals surface area contributed by atoms with Gasteiger partial charge in [-0.05, 0) is 63.4 Å². The summed E-state index contributed by atoms with van der Waals surface area (Å²) in [6.45, 7) is 6.75. The van der Waals surface area contributed by atoms with Gasteiger partial charge in [-0.15, -0.1) is 0 Å². The molecule has 0 spiro atoms. The van der Waals surface area contributed by atoms with Crippen molar-refractivity contribution in [3.63, 3.8) is 0 Å². The van der Waals surface area contributed by atoms with Crippen LogP contribution in [0, 0.1) is 5.82 Å². The molecule has 1 aromatic rings. The third kappa shape index (κ3) is 3.39. The van der Waals surface area contributed by atoms with Gasteiger partial charge in [0.2, 0.25) is 0 Å². The molecule has 1 fully saturated rings. The molecular weight excluding hydrogens is 251 g/mol. The van der Waals surface area contributed by atoms with Crippen LogP contribution in [0.25, 0.3) is 0 Å². The first-order valence-corrected chi connectivity index (χ1v) is 7.81. The molecule has 1 saturated heterocycles. The summed E-state index contributed by atoms with van der Waals surface area (Å²) < 4.78 is 13.3. The summed E-state index contributed by atoms with van der Waals surface area (Å²) in [4.78, 5) is 2.54. The van der Waals surface area contributed by atoms with Crippen molar-refractivity contribution in [3.8, 4) is 0 Å². The molecule has 2 atom stereocenters. The average Bonchev–Trinajstić information content (AvgIpc) is 2.47. The lowest BCUT2D eigenvalue weighted by molar-refractivity contribution is 0.0546. The van der Waals surface area contributed by atoms with Gasteiger partial charge in [-0.3, -0.25) is 4.90 Å². The first kappa shape index (κ1) is 15.5. The molecule has 0 aliphatic carbocycles. The summed E-state index contributed by atoms with van der Waals surface area (Å²) in [5.74, 6) is -0.175. The Morgan fingerprint density at radius 3 is 2.60 bits per heavy atom. The van der Waals surface area contributed by atoms with Gasteiger partial charge < -0.3 is 5.73 Å². The van der Waals surface area contributed by atoms with E-state index in [0.29, 0.717) is 0 Å². The molecule has 112 valence electrons. The van der Waals surface area contributed by atoms with Crippen molar-refractivity contribution in [1.29, 1.82) is 0 Å². The molecule has 0 saturated carbocycles. The highest BCUT2D eigenvalue weighted by atomic mass is 19.1. The number of nitrogens with zero attached hydrogens (tertiary/aromatic N) is 1. The highest BCUT2D eigenvalue weighted by Crippen LogP contribution is 2.28. The maximum absolute atomic E-state index is 13.3. The molecule has 2 N–H and O–H groups in total. The summed E-state index contributed by atoms with van der Waals surface area (Å²) in [5.41, 5.74) is 7.51. The molecule has 2 nitrogen and oxygen atoms in total. The van der Waals surface area contributed by atoms with E-state index in [0.717, 1.165) is 31.5 Å². The molecule has 1 heterocycles. The van der Waals surface area contributed by atoms with E-state index in [1.54, 1.807) is 12.1 Å². The van der Waals surface area contributed by atoms with Crippen LogP contribution in [0.3, 0.4) is 0 Å². The summed E-state index contributed by atoms with van der Waals surface area (Å²) in [5, 5.41) is 0. The van der Waals surface area contributed by atoms with Crippen molar-refractivity contribution in [3.05, 3.63) is 35.6 Å². The van der Waals surface area contributed by atoms with Crippen LogP contribution in [0.15, 0.2) is 24.3 Å². The first-order valence-electron chi connectivity index (χ1n) is 7.81. The average molecular weight is 278 g/mol. The van der Waals surface area contributed by atoms with Crippen molar-refractivity contribution in [2.45, 2.75) is 57.5 Å². The third-order valence-corrected chi connectivity index (χ3v) is 4.94. The van der Waals surface area contributed by atoms with Gasteiger partial charge in [-0.2, -0.15) is 0 Å². The van der Waals surface area contributed by atoms with Crippen molar-refractivity contribution < 1.29 is 4.39 Å². The highest BCUT2D eigenvalue weighted by molar-refractivity contribution is 5.18. The molecule has 0 bridgehead atoms. The van der Waals surface area contributed by atoms with E-state index in [2.05, 4.69) is 18.7 Å². The Bertz CT molecular complexity index is 429. The lowest BCUT2D eigenvalue weighted by atomic mass is 9.83. The van der Waals surface area contributed by atoms with Crippen LogP contribution >= 0.6 is 0 Å². The van der Waals surface area contributed by atoms with Crippen molar-refractivity contribution >= 4 is 0 Å². The Hall–Kier alpha value is -0.930. The van der Waals surface area contributed by atoms with Crippen molar-refractivity contribution in [2.75, 3.05) is 13.1 Å². The van der Waals surface area contributed by atoms with Crippen molar-refractivity contribution in [2.24, 2.45) is 5.73 Å². The second-order valence-electron chi connectivity index (χ2n) is 6.20. The number of piperidine rings is 1. The minimum Gasteiger partial charge on any atom is -0.326 e. The van der Waals surface area contributed by atoms with E-state index >= 15 is 0 Å². The molecule has 2 rings (SSSR count). The Kier molecular flexibility index (Phi) is 5.17. The van der Waals surface area contributed by atoms with Gasteiger partial charge >= 0.3 is 0 Å². The molecule has 2 unspecified atom stereocenters. The molecular formula is C17H27FN2. The zero-order chi connectivity index (χ0) is 14.6. The molecule has 0 amide bonds. The zero-order valence-electron chi connectivity index (χ0n) is 12.7. The van der Waals surface area contributed by atoms with Gasteiger partial charge in [0.1, 0.15) is 5.82 Å². The van der Waals surface area contributed by atoms with Crippen LogP contribution in [0.2, 0.25) is 0 Å². The number of rotatable bonds is 5. The minimum atomic E-state index is -0.175. The molecule has 1 aliphatic heterocycles. The van der Waals surface area contributed by atoms with E-state index in [-0.39, 0.29) is 17.4 Å². The van der Waals surface area contributed by atoms with Crippen LogP contribution in [0.5, 0.6) is 0 Å². The zero-order valence-corrected chi connectivity index (χ0v) is 12.7. The molecule has 20 heavy (non-hydrogen) atoms. The van der Waals surface area contributed by atoms with Gasteiger partial charge in [0.15, 0.2) is 0 Å². The van der Waals surface area contributed by atoms with Gasteiger partial charge in [0.25, 0.3) is 0 Å². The van der Waals surface area contributed by atoms with E-state index in [9.17, 15) is 4.39 Å². The van der Waals surface area contributed by atoms with E-state index in [1.165, 1.54) is 25.3 Å². The van der Waals surface area contributed by atoms with E-state index in [1.807, 2.05) is 6.07 Å². The predicted octanol–water partition coefficient (Wildman–Crippen LogP) is 3.35. The molecule has 0 aromatic heterocycles. The summed E-state index contributed by atoms with van der Waals surface area (Å²) in [6.07, 6.45) is 5.63. The van der Waals surface area contributed by atoms with Crippen LogP contribution < -0.4 is 5.73 Å². The third-order valence-electron chi connectivity index (χ3n) is 4.94. The standard InChI is InChI=1S/C17H27FN2/c1-3-17(2,20-10-5-4-6-11-20)16(19)13-14-8-7-9-15(18)12-14/h7-9,12,16H,3-6,10-11,13,19H2,1-2H3. The van der Waals surface area contributed by atoms with Crippen molar-refractivity contribution in [1.82, 2.24) is 4.90 Å². The van der Waals surface area contributed by atoms with Gasteiger partial charge in [0, 0.05) is 11.6 Å². The minimum absolute atomic E-state index is 0.00668. The second kappa shape index (κ2) is 6.68. The maximum Gasteiger partial charge on any atom is 0.123 e. The number of hydrogen-bond donors (Lipinski definition) is 1. The largest absolute Gasteiger partial charge is 0.326 e. The Balaban J connectivity index is 2.09. The van der Waals surface area contributed by atoms with Crippen LogP contribution in [0.1, 0.15) is 45.1 Å². The molecule has 3 heteroatoms. The van der Waals surface area contributed by atoms with E-state index in [4.69, 9.17) is 5.73 Å². The van der Waals surface area contributed by atoms with Crippen LogP contribution in [0.4, 0.5) is 4.39 Å². The second-order valence-corrected chi connectivity index (χ2v) is 6.20. The smallest absolute Gasteiger partial charge is 0.123 e. The lowest BCUT2D eigenvalue weighted by Crippen LogP contribution is -2.59.